The fraction of sp³-hybridized carbons (Fsp3) is 0.300. The third-order valence-corrected chi connectivity index (χ3v) is 4.12. The lowest BCUT2D eigenvalue weighted by molar-refractivity contribution is -0.156. The minimum atomic E-state index is -4.49. The Morgan fingerprint density at radius 2 is 1.78 bits per heavy atom. The van der Waals surface area contributed by atoms with E-state index in [-0.39, 0.29) is 18.0 Å². The largest absolute Gasteiger partial charge is 0.447 e. The standard InChI is InChI=1S/C20H18F3NO3/c21-20(22,23)15-8-4-5-13(11-15)12-17(25)27-18(14-6-2-1-3-7-14)19(26)24-16-9-10-16/h1-8,11,16,18H,9-10,12H2,(H,24,26)/t18-/m0/s1. The van der Waals surface area contributed by atoms with Crippen LogP contribution in [0.5, 0.6) is 0 Å². The SMILES string of the molecule is O=C(Cc1cccc(C(F)(F)F)c1)O[C@H](C(=O)NC1CC1)c1ccccc1. The Hall–Kier alpha value is -2.83. The first-order valence-corrected chi connectivity index (χ1v) is 8.54. The second-order valence-corrected chi connectivity index (χ2v) is 6.44. The minimum absolute atomic E-state index is 0.0888. The molecule has 0 heterocycles. The summed E-state index contributed by atoms with van der Waals surface area (Å²) in [5.41, 5.74) is -0.156. The summed E-state index contributed by atoms with van der Waals surface area (Å²) in [6, 6.07) is 13.1. The molecule has 1 N–H and O–H groups in total. The lowest BCUT2D eigenvalue weighted by atomic mass is 10.1. The zero-order chi connectivity index (χ0) is 19.4. The average Bonchev–Trinajstić information content (AvgIpc) is 3.44. The monoisotopic (exact) mass is 377 g/mol. The molecule has 1 atom stereocenters. The van der Waals surface area contributed by atoms with Crippen molar-refractivity contribution in [3.63, 3.8) is 0 Å². The summed E-state index contributed by atoms with van der Waals surface area (Å²) in [6.07, 6.45) is -4.22. The molecule has 0 aromatic heterocycles. The van der Waals surface area contributed by atoms with Gasteiger partial charge in [0.1, 0.15) is 0 Å². The number of benzene rings is 2. The Balaban J connectivity index is 1.71. The van der Waals surface area contributed by atoms with Crippen LogP contribution in [0.3, 0.4) is 0 Å². The molecule has 0 bridgehead atoms. The van der Waals surface area contributed by atoms with Crippen LogP contribution in [0, 0.1) is 0 Å². The first-order valence-electron chi connectivity index (χ1n) is 8.54. The van der Waals surface area contributed by atoms with E-state index >= 15 is 0 Å². The van der Waals surface area contributed by atoms with Crippen molar-refractivity contribution in [2.75, 3.05) is 0 Å². The maximum Gasteiger partial charge on any atom is 0.416 e. The van der Waals surface area contributed by atoms with E-state index in [2.05, 4.69) is 5.32 Å². The molecule has 0 unspecified atom stereocenters. The summed E-state index contributed by atoms with van der Waals surface area (Å²) in [4.78, 5) is 24.7. The van der Waals surface area contributed by atoms with Gasteiger partial charge in [-0.05, 0) is 24.5 Å². The van der Waals surface area contributed by atoms with Gasteiger partial charge in [0.05, 0.1) is 12.0 Å². The van der Waals surface area contributed by atoms with Crippen LogP contribution in [-0.4, -0.2) is 17.9 Å². The van der Waals surface area contributed by atoms with Crippen molar-refractivity contribution in [1.82, 2.24) is 5.32 Å². The quantitative estimate of drug-likeness (QED) is 0.779. The zero-order valence-corrected chi connectivity index (χ0v) is 14.3. The Morgan fingerprint density at radius 3 is 2.41 bits per heavy atom. The third kappa shape index (κ3) is 5.32. The molecule has 1 saturated carbocycles. The summed E-state index contributed by atoms with van der Waals surface area (Å²) in [5, 5.41) is 2.79. The van der Waals surface area contributed by atoms with E-state index in [9.17, 15) is 22.8 Å². The molecule has 2 aromatic carbocycles. The number of hydrogen-bond donors (Lipinski definition) is 1. The maximum absolute atomic E-state index is 12.8. The molecule has 142 valence electrons. The van der Waals surface area contributed by atoms with Crippen molar-refractivity contribution in [3.05, 3.63) is 71.3 Å². The molecule has 0 spiro atoms. The highest BCUT2D eigenvalue weighted by molar-refractivity contribution is 5.85. The molecule has 0 aliphatic heterocycles. The van der Waals surface area contributed by atoms with Crippen LogP contribution in [0.1, 0.15) is 35.6 Å². The van der Waals surface area contributed by atoms with Crippen LogP contribution in [-0.2, 0) is 26.9 Å². The lowest BCUT2D eigenvalue weighted by Crippen LogP contribution is -2.33. The molecule has 0 radical (unpaired) electrons. The van der Waals surface area contributed by atoms with Gasteiger partial charge in [-0.1, -0.05) is 48.5 Å². The van der Waals surface area contributed by atoms with Gasteiger partial charge in [-0.15, -0.1) is 0 Å². The molecule has 7 heteroatoms. The smallest absolute Gasteiger partial charge is 0.416 e. The summed E-state index contributed by atoms with van der Waals surface area (Å²) < 4.78 is 43.7. The number of amides is 1. The highest BCUT2D eigenvalue weighted by atomic mass is 19.4. The van der Waals surface area contributed by atoms with Crippen molar-refractivity contribution >= 4 is 11.9 Å². The molecule has 2 aromatic rings. The van der Waals surface area contributed by atoms with Crippen LogP contribution in [0.2, 0.25) is 0 Å². The molecule has 3 rings (SSSR count). The van der Waals surface area contributed by atoms with E-state index in [1.165, 1.54) is 12.1 Å². The van der Waals surface area contributed by atoms with Gasteiger partial charge in [-0.25, -0.2) is 0 Å². The number of ether oxygens (including phenoxy) is 1. The number of carbonyl (C=O) groups excluding carboxylic acids is 2. The van der Waals surface area contributed by atoms with E-state index in [0.29, 0.717) is 5.56 Å². The van der Waals surface area contributed by atoms with Crippen molar-refractivity contribution in [2.24, 2.45) is 0 Å². The summed E-state index contributed by atoms with van der Waals surface area (Å²) in [7, 11) is 0. The Morgan fingerprint density at radius 1 is 1.07 bits per heavy atom. The van der Waals surface area contributed by atoms with Crippen LogP contribution >= 0.6 is 0 Å². The van der Waals surface area contributed by atoms with Gasteiger partial charge >= 0.3 is 12.1 Å². The van der Waals surface area contributed by atoms with Crippen molar-refractivity contribution < 1.29 is 27.5 Å². The third-order valence-electron chi connectivity index (χ3n) is 4.12. The fourth-order valence-electron chi connectivity index (χ4n) is 2.60. The van der Waals surface area contributed by atoms with E-state index in [1.54, 1.807) is 30.3 Å². The molecule has 27 heavy (non-hydrogen) atoms. The number of nitrogens with one attached hydrogen (secondary N) is 1. The van der Waals surface area contributed by atoms with Gasteiger partial charge in [0.25, 0.3) is 5.91 Å². The van der Waals surface area contributed by atoms with Gasteiger partial charge in [-0.3, -0.25) is 9.59 Å². The van der Waals surface area contributed by atoms with Gasteiger partial charge in [0.2, 0.25) is 6.10 Å². The number of hydrogen-bond acceptors (Lipinski definition) is 3. The Bertz CT molecular complexity index is 817. The molecular weight excluding hydrogens is 359 g/mol. The normalized spacial score (nSPS) is 15.1. The molecule has 1 aliphatic rings. The molecule has 1 fully saturated rings. The van der Waals surface area contributed by atoms with Crippen LogP contribution in [0.4, 0.5) is 13.2 Å². The Kier molecular flexibility index (Phi) is 5.48. The summed E-state index contributed by atoms with van der Waals surface area (Å²) >= 11 is 0. The lowest BCUT2D eigenvalue weighted by Gasteiger charge is -2.18. The minimum Gasteiger partial charge on any atom is -0.447 e. The summed E-state index contributed by atoms with van der Waals surface area (Å²) in [6.45, 7) is 0. The number of halogens is 3. The van der Waals surface area contributed by atoms with Gasteiger partial charge in [0.15, 0.2) is 0 Å². The van der Waals surface area contributed by atoms with E-state index in [0.717, 1.165) is 25.0 Å². The van der Waals surface area contributed by atoms with Gasteiger partial charge in [-0.2, -0.15) is 13.2 Å². The van der Waals surface area contributed by atoms with Crippen LogP contribution in [0.15, 0.2) is 54.6 Å². The van der Waals surface area contributed by atoms with E-state index < -0.39 is 29.7 Å². The number of alkyl halides is 3. The van der Waals surface area contributed by atoms with Crippen molar-refractivity contribution in [1.29, 1.82) is 0 Å². The topological polar surface area (TPSA) is 55.4 Å². The van der Waals surface area contributed by atoms with Crippen molar-refractivity contribution in [3.8, 4) is 0 Å². The van der Waals surface area contributed by atoms with Crippen LogP contribution < -0.4 is 5.32 Å². The maximum atomic E-state index is 12.8. The summed E-state index contributed by atoms with van der Waals surface area (Å²) in [5.74, 6) is -1.20. The van der Waals surface area contributed by atoms with Crippen LogP contribution in [0.25, 0.3) is 0 Å². The second-order valence-electron chi connectivity index (χ2n) is 6.44. The van der Waals surface area contributed by atoms with E-state index in [1.807, 2.05) is 0 Å². The highest BCUT2D eigenvalue weighted by Crippen LogP contribution is 2.30. The molecular formula is C20H18F3NO3. The van der Waals surface area contributed by atoms with Gasteiger partial charge < -0.3 is 10.1 Å². The predicted molar refractivity (Wildman–Crippen MR) is 91.6 cm³/mol. The first kappa shape index (κ1) is 18.9. The Labute approximate surface area is 154 Å². The average molecular weight is 377 g/mol. The van der Waals surface area contributed by atoms with Crippen molar-refractivity contribution in [2.45, 2.75) is 37.6 Å². The van der Waals surface area contributed by atoms with E-state index in [4.69, 9.17) is 4.74 Å². The number of carbonyl (C=O) groups is 2. The van der Waals surface area contributed by atoms with Gasteiger partial charge in [0, 0.05) is 11.6 Å². The molecule has 1 aliphatic carbocycles. The molecule has 4 nitrogen and oxygen atoms in total. The zero-order valence-electron chi connectivity index (χ0n) is 14.3. The molecule has 0 saturated heterocycles. The number of rotatable bonds is 6. The highest BCUT2D eigenvalue weighted by Gasteiger charge is 2.32. The fourth-order valence-corrected chi connectivity index (χ4v) is 2.60. The second kappa shape index (κ2) is 7.82. The first-order chi connectivity index (χ1) is 12.8. The number of esters is 1. The predicted octanol–water partition coefficient (Wildman–Crippen LogP) is 3.81. The molecule has 1 amide bonds.